The first-order valence-corrected chi connectivity index (χ1v) is 2.71. The van der Waals surface area contributed by atoms with Gasteiger partial charge in [-0.15, -0.1) is 0 Å². The molecule has 1 nitrogen and oxygen atoms in total. The van der Waals surface area contributed by atoms with Gasteiger partial charge in [0, 0.05) is 5.56 Å². The molecule has 0 fully saturated rings. The molecule has 0 amide bonds. The van der Waals surface area contributed by atoms with Crippen LogP contribution in [0.2, 0.25) is 0 Å². The van der Waals surface area contributed by atoms with Crippen molar-refractivity contribution in [2.75, 3.05) is 0 Å². The molecule has 1 aromatic rings. The molecule has 0 spiro atoms. The van der Waals surface area contributed by atoms with E-state index in [9.17, 15) is 8.78 Å². The highest BCUT2D eigenvalue weighted by Gasteiger charge is 2.04. The summed E-state index contributed by atoms with van der Waals surface area (Å²) in [6, 6.07) is 4.54. The zero-order valence-corrected chi connectivity index (χ0v) is 5.06. The number of hydrogen-bond acceptors (Lipinski definition) is 1. The third-order valence-corrected chi connectivity index (χ3v) is 1.12. The van der Waals surface area contributed by atoms with Gasteiger partial charge in [-0.2, -0.15) is 0 Å². The quantitative estimate of drug-likeness (QED) is 0.627. The summed E-state index contributed by atoms with van der Waals surface area (Å²) in [6.45, 7) is -0.524. The SMILES string of the molecule is OCc1[c]ccc(F)c1F. The second-order valence-corrected chi connectivity index (χ2v) is 1.78. The van der Waals surface area contributed by atoms with Crippen LogP contribution < -0.4 is 0 Å². The molecule has 0 bridgehead atoms. The molecule has 0 atom stereocenters. The van der Waals surface area contributed by atoms with Crippen molar-refractivity contribution in [2.45, 2.75) is 6.61 Å². The van der Waals surface area contributed by atoms with Crippen LogP contribution in [0, 0.1) is 17.7 Å². The molecule has 0 aromatic heterocycles. The van der Waals surface area contributed by atoms with E-state index in [0.29, 0.717) is 0 Å². The number of aliphatic hydroxyl groups excluding tert-OH is 1. The van der Waals surface area contributed by atoms with E-state index in [2.05, 4.69) is 6.07 Å². The van der Waals surface area contributed by atoms with Crippen molar-refractivity contribution in [3.63, 3.8) is 0 Å². The van der Waals surface area contributed by atoms with Crippen LogP contribution in [0.3, 0.4) is 0 Å². The third kappa shape index (κ3) is 1.14. The normalized spacial score (nSPS) is 9.90. The summed E-state index contributed by atoms with van der Waals surface area (Å²) in [7, 11) is 0. The second-order valence-electron chi connectivity index (χ2n) is 1.78. The Morgan fingerprint density at radius 2 is 2.20 bits per heavy atom. The van der Waals surface area contributed by atoms with Crippen LogP contribution in [0.5, 0.6) is 0 Å². The first-order chi connectivity index (χ1) is 4.75. The minimum atomic E-state index is -1.02. The van der Waals surface area contributed by atoms with Gasteiger partial charge in [-0.3, -0.25) is 0 Å². The van der Waals surface area contributed by atoms with Crippen LogP contribution in [-0.4, -0.2) is 5.11 Å². The largest absolute Gasteiger partial charge is 0.392 e. The summed E-state index contributed by atoms with van der Waals surface area (Å²) in [5.41, 5.74) is -0.139. The van der Waals surface area contributed by atoms with Crippen molar-refractivity contribution >= 4 is 0 Å². The lowest BCUT2D eigenvalue weighted by molar-refractivity contribution is 0.273. The maximum atomic E-state index is 12.4. The molecular formula is C7H5F2O. The molecule has 0 unspecified atom stereocenters. The first-order valence-electron chi connectivity index (χ1n) is 2.71. The van der Waals surface area contributed by atoms with E-state index >= 15 is 0 Å². The lowest BCUT2D eigenvalue weighted by atomic mass is 10.2. The lowest BCUT2D eigenvalue weighted by Gasteiger charge is -1.96. The van der Waals surface area contributed by atoms with Crippen LogP contribution in [-0.2, 0) is 6.61 Å². The summed E-state index contributed by atoms with van der Waals surface area (Å²) < 4.78 is 24.7. The molecule has 0 saturated heterocycles. The molecule has 1 N–H and O–H groups in total. The molecule has 10 heavy (non-hydrogen) atoms. The van der Waals surface area contributed by atoms with Gasteiger partial charge < -0.3 is 5.11 Å². The van der Waals surface area contributed by atoms with Crippen molar-refractivity contribution in [3.05, 3.63) is 35.4 Å². The molecule has 0 aliphatic heterocycles. The van der Waals surface area contributed by atoms with Crippen molar-refractivity contribution in [3.8, 4) is 0 Å². The first kappa shape index (κ1) is 7.15. The van der Waals surface area contributed by atoms with Crippen molar-refractivity contribution in [1.82, 2.24) is 0 Å². The molecule has 0 aliphatic carbocycles. The van der Waals surface area contributed by atoms with Crippen LogP contribution in [0.1, 0.15) is 5.56 Å². The van der Waals surface area contributed by atoms with E-state index in [1.54, 1.807) is 0 Å². The minimum Gasteiger partial charge on any atom is -0.392 e. The van der Waals surface area contributed by atoms with Crippen LogP contribution in [0.15, 0.2) is 12.1 Å². The minimum absolute atomic E-state index is 0.139. The highest BCUT2D eigenvalue weighted by molar-refractivity contribution is 5.16. The van der Waals surface area contributed by atoms with Gasteiger partial charge >= 0.3 is 0 Å². The fraction of sp³-hybridized carbons (Fsp3) is 0.143. The maximum absolute atomic E-state index is 12.4. The van der Waals surface area contributed by atoms with E-state index < -0.39 is 18.2 Å². The van der Waals surface area contributed by atoms with Crippen LogP contribution in [0.4, 0.5) is 8.78 Å². The number of rotatable bonds is 1. The molecule has 1 rings (SSSR count). The van der Waals surface area contributed by atoms with E-state index in [1.165, 1.54) is 6.07 Å². The van der Waals surface area contributed by atoms with Crippen molar-refractivity contribution < 1.29 is 13.9 Å². The molecular weight excluding hydrogens is 138 g/mol. The van der Waals surface area contributed by atoms with Crippen molar-refractivity contribution in [2.24, 2.45) is 0 Å². The summed E-state index contributed by atoms with van der Waals surface area (Å²) in [6.07, 6.45) is 0. The number of halogens is 2. The van der Waals surface area contributed by atoms with Gasteiger partial charge in [0.25, 0.3) is 0 Å². The smallest absolute Gasteiger partial charge is 0.164 e. The summed E-state index contributed by atoms with van der Waals surface area (Å²) >= 11 is 0. The summed E-state index contributed by atoms with van der Waals surface area (Å²) in [5, 5.41) is 8.40. The second kappa shape index (κ2) is 2.75. The summed E-state index contributed by atoms with van der Waals surface area (Å²) in [4.78, 5) is 0. The number of aliphatic hydroxyl groups is 1. The third-order valence-electron chi connectivity index (χ3n) is 1.12. The Morgan fingerprint density at radius 1 is 1.50 bits per heavy atom. The Morgan fingerprint density at radius 3 is 2.70 bits per heavy atom. The fourth-order valence-corrected chi connectivity index (χ4v) is 0.611. The summed E-state index contributed by atoms with van der Waals surface area (Å²) in [5.74, 6) is -1.98. The average molecular weight is 143 g/mol. The van der Waals surface area contributed by atoms with E-state index in [-0.39, 0.29) is 5.56 Å². The van der Waals surface area contributed by atoms with Crippen LogP contribution >= 0.6 is 0 Å². The lowest BCUT2D eigenvalue weighted by Crippen LogP contribution is -1.92. The number of hydrogen-bond donors (Lipinski definition) is 1. The van der Waals surface area contributed by atoms with E-state index in [1.807, 2.05) is 0 Å². The molecule has 0 heterocycles. The van der Waals surface area contributed by atoms with E-state index in [4.69, 9.17) is 5.11 Å². The highest BCUT2D eigenvalue weighted by atomic mass is 19.2. The Kier molecular flexibility index (Phi) is 1.97. The van der Waals surface area contributed by atoms with Gasteiger partial charge in [-0.1, -0.05) is 6.07 Å². The Hall–Kier alpha value is -0.960. The van der Waals surface area contributed by atoms with Crippen LogP contribution in [0.25, 0.3) is 0 Å². The molecule has 53 valence electrons. The van der Waals surface area contributed by atoms with Crippen molar-refractivity contribution in [1.29, 1.82) is 0 Å². The molecule has 0 saturated carbocycles. The molecule has 0 aliphatic rings. The fourth-order valence-electron chi connectivity index (χ4n) is 0.611. The topological polar surface area (TPSA) is 20.2 Å². The predicted octanol–water partition coefficient (Wildman–Crippen LogP) is 1.26. The number of benzene rings is 1. The van der Waals surface area contributed by atoms with Gasteiger partial charge in [-0.25, -0.2) is 8.78 Å². The standard InChI is InChI=1S/C7H5F2O/c8-6-3-1-2-5(4-10)7(6)9/h1,3,10H,4H2. The highest BCUT2D eigenvalue weighted by Crippen LogP contribution is 2.09. The van der Waals surface area contributed by atoms with E-state index in [0.717, 1.165) is 6.07 Å². The van der Waals surface area contributed by atoms with Gasteiger partial charge in [0.05, 0.1) is 6.61 Å². The Balaban J connectivity index is 3.14. The average Bonchev–Trinajstić information content (AvgIpc) is 1.95. The zero-order valence-electron chi connectivity index (χ0n) is 5.06. The van der Waals surface area contributed by atoms with Gasteiger partial charge in [0.1, 0.15) is 0 Å². The Bertz CT molecular complexity index is 235. The Labute approximate surface area is 56.9 Å². The van der Waals surface area contributed by atoms with Gasteiger partial charge in [0.15, 0.2) is 11.6 Å². The monoisotopic (exact) mass is 143 g/mol. The molecule has 3 heteroatoms. The maximum Gasteiger partial charge on any atom is 0.164 e. The molecule has 1 aromatic carbocycles. The predicted molar refractivity (Wildman–Crippen MR) is 31.1 cm³/mol. The molecule has 1 radical (unpaired) electrons. The zero-order chi connectivity index (χ0) is 7.56. The van der Waals surface area contributed by atoms with Gasteiger partial charge in [-0.05, 0) is 12.1 Å². The van der Waals surface area contributed by atoms with Gasteiger partial charge in [0.2, 0.25) is 0 Å².